The van der Waals surface area contributed by atoms with Crippen LogP contribution in [0.4, 0.5) is 13.2 Å². The number of hydrogen-bond acceptors (Lipinski definition) is 4. The molecule has 1 heterocycles. The van der Waals surface area contributed by atoms with E-state index in [1.165, 1.54) is 0 Å². The zero-order valence-electron chi connectivity index (χ0n) is 16.5. The normalized spacial score (nSPS) is 11.4. The highest BCUT2D eigenvalue weighted by molar-refractivity contribution is 14.0. The predicted octanol–water partition coefficient (Wildman–Crippen LogP) is 4.13. The number of aromatic nitrogens is 1. The molecular formula is C20H24F3IN4OS. The molecule has 30 heavy (non-hydrogen) atoms. The van der Waals surface area contributed by atoms with E-state index in [0.717, 1.165) is 34.5 Å². The van der Waals surface area contributed by atoms with Crippen molar-refractivity contribution in [3.8, 4) is 18.1 Å². The van der Waals surface area contributed by atoms with Crippen LogP contribution in [0, 0.1) is 12.3 Å². The number of rotatable bonds is 9. The maximum atomic E-state index is 12.6. The van der Waals surface area contributed by atoms with Crippen LogP contribution in [0.5, 0.6) is 5.75 Å². The fourth-order valence-corrected chi connectivity index (χ4v) is 3.16. The van der Waals surface area contributed by atoms with Gasteiger partial charge < -0.3 is 15.4 Å². The molecule has 0 saturated heterocycles. The molecule has 0 bridgehead atoms. The van der Waals surface area contributed by atoms with Gasteiger partial charge in [0.1, 0.15) is 12.4 Å². The Bertz CT molecular complexity index is 832. The number of nitrogens with one attached hydrogen (secondary N) is 2. The summed E-state index contributed by atoms with van der Waals surface area (Å²) in [6.45, 7) is 3.88. The average Bonchev–Trinajstić information content (AvgIpc) is 3.17. The summed E-state index contributed by atoms with van der Waals surface area (Å²) in [6, 6.07) is 7.68. The third-order valence-corrected chi connectivity index (χ3v) is 4.64. The monoisotopic (exact) mass is 552 g/mol. The van der Waals surface area contributed by atoms with Gasteiger partial charge in [0.2, 0.25) is 0 Å². The van der Waals surface area contributed by atoms with Gasteiger partial charge in [-0.2, -0.15) is 13.2 Å². The largest absolute Gasteiger partial charge is 0.481 e. The van der Waals surface area contributed by atoms with Crippen molar-refractivity contribution in [2.24, 2.45) is 4.99 Å². The maximum Gasteiger partial charge on any atom is 0.434 e. The van der Waals surface area contributed by atoms with E-state index in [-0.39, 0.29) is 30.6 Å². The van der Waals surface area contributed by atoms with E-state index in [1.54, 1.807) is 0 Å². The molecule has 0 spiro atoms. The highest BCUT2D eigenvalue weighted by atomic mass is 127. The topological polar surface area (TPSA) is 58.5 Å². The molecule has 0 amide bonds. The Labute approximate surface area is 195 Å². The Morgan fingerprint density at radius 1 is 1.23 bits per heavy atom. The van der Waals surface area contributed by atoms with Crippen molar-refractivity contribution < 1.29 is 17.9 Å². The molecule has 0 unspecified atom stereocenters. The summed E-state index contributed by atoms with van der Waals surface area (Å²) in [4.78, 5) is 8.01. The SMILES string of the molecule is C#CCOc1ccc(CCNC(=NCCc2nc(C(F)(F)F)cs2)NCC)cc1.I. The quantitative estimate of drug-likeness (QED) is 0.213. The Kier molecular flexibility index (Phi) is 11.6. The zero-order chi connectivity index (χ0) is 21.1. The minimum absolute atomic E-state index is 0. The van der Waals surface area contributed by atoms with Gasteiger partial charge in [-0.15, -0.1) is 41.7 Å². The summed E-state index contributed by atoms with van der Waals surface area (Å²) in [6.07, 6.45) is 1.90. The van der Waals surface area contributed by atoms with Crippen molar-refractivity contribution in [1.29, 1.82) is 0 Å². The van der Waals surface area contributed by atoms with Crippen molar-refractivity contribution in [2.75, 3.05) is 26.2 Å². The third kappa shape index (κ3) is 9.21. The molecule has 0 atom stereocenters. The molecule has 10 heteroatoms. The zero-order valence-corrected chi connectivity index (χ0v) is 19.6. The summed E-state index contributed by atoms with van der Waals surface area (Å²) in [5.74, 6) is 3.77. The van der Waals surface area contributed by atoms with E-state index < -0.39 is 11.9 Å². The number of hydrogen-bond donors (Lipinski definition) is 2. The van der Waals surface area contributed by atoms with Crippen molar-refractivity contribution in [1.82, 2.24) is 15.6 Å². The first-order chi connectivity index (χ1) is 13.9. The van der Waals surface area contributed by atoms with Gasteiger partial charge >= 0.3 is 6.18 Å². The number of nitrogens with zero attached hydrogens (tertiary/aromatic N) is 2. The molecule has 1 aromatic heterocycles. The first kappa shape index (κ1) is 26.0. The number of guanidine groups is 1. The molecule has 0 aliphatic carbocycles. The molecule has 0 aliphatic heterocycles. The average molecular weight is 552 g/mol. The van der Waals surface area contributed by atoms with Gasteiger partial charge in [0, 0.05) is 31.4 Å². The second-order valence-corrected chi connectivity index (χ2v) is 6.89. The van der Waals surface area contributed by atoms with Crippen molar-refractivity contribution in [3.63, 3.8) is 0 Å². The standard InChI is InChI=1S/C20H23F3N4OS.HI/c1-3-13-28-16-7-5-15(6-8-16)9-11-25-19(24-4-2)26-12-10-18-27-17(14-29-18)20(21,22)23;/h1,5-8,14H,4,9-13H2,2H3,(H2,24,25,26);1H. The molecular weight excluding hydrogens is 528 g/mol. The van der Waals surface area contributed by atoms with Gasteiger partial charge in [0.25, 0.3) is 0 Å². The summed E-state index contributed by atoms with van der Waals surface area (Å²) in [5, 5.41) is 7.79. The van der Waals surface area contributed by atoms with Crippen LogP contribution in [0.25, 0.3) is 0 Å². The van der Waals surface area contributed by atoms with Gasteiger partial charge in [0.05, 0.1) is 5.01 Å². The van der Waals surface area contributed by atoms with Crippen LogP contribution in [0.1, 0.15) is 23.2 Å². The number of ether oxygens (including phenoxy) is 1. The lowest BCUT2D eigenvalue weighted by Crippen LogP contribution is -2.38. The van der Waals surface area contributed by atoms with Gasteiger partial charge in [-0.05, 0) is 31.0 Å². The van der Waals surface area contributed by atoms with Crippen LogP contribution in [-0.4, -0.2) is 37.2 Å². The van der Waals surface area contributed by atoms with E-state index >= 15 is 0 Å². The minimum Gasteiger partial charge on any atom is -0.481 e. The minimum atomic E-state index is -4.40. The number of thiazole rings is 1. The van der Waals surface area contributed by atoms with Crippen molar-refractivity contribution in [2.45, 2.75) is 25.9 Å². The molecule has 0 aliphatic rings. The van der Waals surface area contributed by atoms with Crippen molar-refractivity contribution in [3.05, 3.63) is 45.9 Å². The summed E-state index contributed by atoms with van der Waals surface area (Å²) in [7, 11) is 0. The van der Waals surface area contributed by atoms with Gasteiger partial charge in [-0.25, -0.2) is 4.98 Å². The summed E-state index contributed by atoms with van der Waals surface area (Å²) >= 11 is 1.00. The van der Waals surface area contributed by atoms with E-state index in [2.05, 4.69) is 26.5 Å². The van der Waals surface area contributed by atoms with Crippen molar-refractivity contribution >= 4 is 41.3 Å². The number of alkyl halides is 3. The second kappa shape index (κ2) is 13.3. The van der Waals surface area contributed by atoms with E-state index in [4.69, 9.17) is 11.2 Å². The van der Waals surface area contributed by atoms with Gasteiger partial charge in [-0.3, -0.25) is 4.99 Å². The lowest BCUT2D eigenvalue weighted by Gasteiger charge is -2.11. The molecule has 0 fully saturated rings. The van der Waals surface area contributed by atoms with Crippen LogP contribution >= 0.6 is 35.3 Å². The Morgan fingerprint density at radius 3 is 2.57 bits per heavy atom. The number of aliphatic imine (C=N–C) groups is 1. The van der Waals surface area contributed by atoms with Crippen LogP contribution in [0.15, 0.2) is 34.6 Å². The van der Waals surface area contributed by atoms with Crippen LogP contribution < -0.4 is 15.4 Å². The lowest BCUT2D eigenvalue weighted by molar-refractivity contribution is -0.140. The number of terminal acetylenes is 1. The Hall–Kier alpha value is -2.00. The van der Waals surface area contributed by atoms with E-state index in [9.17, 15) is 13.2 Å². The first-order valence-electron chi connectivity index (χ1n) is 9.11. The van der Waals surface area contributed by atoms with E-state index in [0.29, 0.717) is 37.0 Å². The Balaban J connectivity index is 0.00000450. The molecule has 2 N–H and O–H groups in total. The predicted molar refractivity (Wildman–Crippen MR) is 125 cm³/mol. The number of benzene rings is 1. The molecule has 1 aromatic carbocycles. The second-order valence-electron chi connectivity index (χ2n) is 5.95. The van der Waals surface area contributed by atoms with E-state index in [1.807, 2.05) is 31.2 Å². The molecule has 5 nitrogen and oxygen atoms in total. The summed E-state index contributed by atoms with van der Waals surface area (Å²) < 4.78 is 43.1. The Morgan fingerprint density at radius 2 is 1.97 bits per heavy atom. The van der Waals surface area contributed by atoms with Crippen LogP contribution in [0.2, 0.25) is 0 Å². The van der Waals surface area contributed by atoms with Gasteiger partial charge in [-0.1, -0.05) is 18.1 Å². The lowest BCUT2D eigenvalue weighted by atomic mass is 10.1. The first-order valence-corrected chi connectivity index (χ1v) is 9.99. The van der Waals surface area contributed by atoms with Gasteiger partial charge in [0.15, 0.2) is 11.7 Å². The third-order valence-electron chi connectivity index (χ3n) is 3.73. The molecule has 0 radical (unpaired) electrons. The molecule has 164 valence electrons. The molecule has 2 rings (SSSR count). The fraction of sp³-hybridized carbons (Fsp3) is 0.400. The smallest absolute Gasteiger partial charge is 0.434 e. The summed E-state index contributed by atoms with van der Waals surface area (Å²) in [5.41, 5.74) is 0.283. The fourth-order valence-electron chi connectivity index (χ4n) is 2.36. The number of halogens is 4. The van der Waals surface area contributed by atoms with Crippen LogP contribution in [0.3, 0.4) is 0 Å². The highest BCUT2D eigenvalue weighted by Gasteiger charge is 2.33. The molecule has 2 aromatic rings. The maximum absolute atomic E-state index is 12.6. The molecule has 0 saturated carbocycles. The van der Waals surface area contributed by atoms with Crippen LogP contribution in [-0.2, 0) is 19.0 Å². The highest BCUT2D eigenvalue weighted by Crippen LogP contribution is 2.30.